The Morgan fingerprint density at radius 2 is 1.93 bits per heavy atom. The van der Waals surface area contributed by atoms with Crippen molar-refractivity contribution in [1.82, 2.24) is 15.2 Å². The molecule has 3 N–H and O–H groups in total. The number of aromatic nitrogens is 3. The van der Waals surface area contributed by atoms with Crippen molar-refractivity contribution >= 4 is 39.6 Å². The van der Waals surface area contributed by atoms with Gasteiger partial charge in [0.15, 0.2) is 5.16 Å². The minimum Gasteiger partial charge on any atom is -0.506 e. The molecule has 10 heteroatoms. The van der Waals surface area contributed by atoms with Crippen LogP contribution in [0.5, 0.6) is 5.75 Å². The molecule has 0 aliphatic heterocycles. The summed E-state index contributed by atoms with van der Waals surface area (Å²) in [6, 6.07) is 6.44. The monoisotopic (exact) mass is 418 g/mol. The largest absolute Gasteiger partial charge is 0.506 e. The van der Waals surface area contributed by atoms with Crippen LogP contribution >= 0.6 is 11.8 Å². The molecule has 2 aromatic carbocycles. The zero-order chi connectivity index (χ0) is 20.3. The lowest BCUT2D eigenvalue weighted by atomic mass is 10.0. The van der Waals surface area contributed by atoms with Crippen molar-refractivity contribution in [2.75, 3.05) is 4.72 Å². The van der Waals surface area contributed by atoms with E-state index in [-0.39, 0.29) is 17.0 Å². The highest BCUT2D eigenvalue weighted by atomic mass is 32.2. The molecule has 28 heavy (non-hydrogen) atoms. The van der Waals surface area contributed by atoms with Crippen LogP contribution in [0.3, 0.4) is 0 Å². The molecule has 0 bridgehead atoms. The number of hydrogen-bond donors (Lipinski definition) is 3. The van der Waals surface area contributed by atoms with Crippen LogP contribution in [0.4, 0.5) is 10.1 Å². The fourth-order valence-electron chi connectivity index (χ4n) is 2.48. The van der Waals surface area contributed by atoms with E-state index in [1.807, 2.05) is 0 Å². The van der Waals surface area contributed by atoms with Crippen molar-refractivity contribution in [3.05, 3.63) is 66.8 Å². The first kappa shape index (κ1) is 19.6. The molecule has 0 unspecified atom stereocenters. The molecular formula is C18H15FN4O3S2. The van der Waals surface area contributed by atoms with Gasteiger partial charge in [0.1, 0.15) is 22.8 Å². The van der Waals surface area contributed by atoms with Gasteiger partial charge in [0.05, 0.1) is 10.6 Å². The topological polar surface area (TPSA) is 108 Å². The molecule has 0 fully saturated rings. The van der Waals surface area contributed by atoms with Gasteiger partial charge in [0.25, 0.3) is 10.0 Å². The number of sulfonamides is 1. The zero-order valence-corrected chi connectivity index (χ0v) is 16.0. The fourth-order valence-corrected chi connectivity index (χ4v) is 4.42. The number of anilines is 1. The van der Waals surface area contributed by atoms with E-state index in [1.54, 1.807) is 0 Å². The van der Waals surface area contributed by atoms with Crippen LogP contribution in [0.25, 0.3) is 12.2 Å². The standard InChI is InChI=1S/C18H15FN4O3S2/c1-3-11-12(4-2)17(24)15(27-18-20-10-21-22-18)9-14(11)23-28(25,26)16-8-6-5-7-13(16)19/h3-10,23-24H,1-2H2,(H,20,21,22). The summed E-state index contributed by atoms with van der Waals surface area (Å²) in [5.74, 6) is -1.01. The Hall–Kier alpha value is -3.11. The Morgan fingerprint density at radius 3 is 2.54 bits per heavy atom. The van der Waals surface area contributed by atoms with Gasteiger partial charge in [-0.15, -0.1) is 0 Å². The average molecular weight is 418 g/mol. The summed E-state index contributed by atoms with van der Waals surface area (Å²) in [6.45, 7) is 7.32. The number of benzene rings is 2. The number of rotatable bonds is 7. The molecule has 0 spiro atoms. The van der Waals surface area contributed by atoms with E-state index in [4.69, 9.17) is 0 Å². The maximum Gasteiger partial charge on any atom is 0.264 e. The molecule has 0 aliphatic rings. The molecule has 0 radical (unpaired) electrons. The molecule has 3 aromatic rings. The van der Waals surface area contributed by atoms with Crippen molar-refractivity contribution in [3.8, 4) is 5.75 Å². The average Bonchev–Trinajstić information content (AvgIpc) is 3.17. The predicted octanol–water partition coefficient (Wildman–Crippen LogP) is 3.89. The van der Waals surface area contributed by atoms with Crippen molar-refractivity contribution < 1.29 is 17.9 Å². The number of aromatic hydroxyl groups is 1. The Labute approximate surface area is 165 Å². The first-order valence-electron chi connectivity index (χ1n) is 7.82. The molecular weight excluding hydrogens is 403 g/mol. The molecule has 1 heterocycles. The zero-order valence-electron chi connectivity index (χ0n) is 14.4. The highest BCUT2D eigenvalue weighted by Crippen LogP contribution is 2.41. The van der Waals surface area contributed by atoms with Gasteiger partial charge < -0.3 is 5.11 Å². The lowest BCUT2D eigenvalue weighted by Gasteiger charge is -2.16. The van der Waals surface area contributed by atoms with Crippen LogP contribution in [0.2, 0.25) is 0 Å². The lowest BCUT2D eigenvalue weighted by Crippen LogP contribution is -2.15. The molecule has 0 aliphatic carbocycles. The van der Waals surface area contributed by atoms with Gasteiger partial charge in [-0.2, -0.15) is 5.10 Å². The van der Waals surface area contributed by atoms with E-state index in [0.29, 0.717) is 15.6 Å². The van der Waals surface area contributed by atoms with E-state index in [9.17, 15) is 17.9 Å². The molecule has 0 atom stereocenters. The van der Waals surface area contributed by atoms with Crippen LogP contribution in [-0.2, 0) is 10.0 Å². The molecule has 0 amide bonds. The Bertz CT molecular complexity index is 1150. The fraction of sp³-hybridized carbons (Fsp3) is 0. The molecule has 1 aromatic heterocycles. The van der Waals surface area contributed by atoms with Crippen LogP contribution < -0.4 is 4.72 Å². The van der Waals surface area contributed by atoms with Gasteiger partial charge in [-0.25, -0.2) is 17.8 Å². The third kappa shape index (κ3) is 3.78. The van der Waals surface area contributed by atoms with Crippen molar-refractivity contribution in [3.63, 3.8) is 0 Å². The summed E-state index contributed by atoms with van der Waals surface area (Å²) in [7, 11) is -4.23. The summed E-state index contributed by atoms with van der Waals surface area (Å²) >= 11 is 1.04. The molecule has 0 saturated heterocycles. The number of nitrogens with one attached hydrogen (secondary N) is 2. The normalized spacial score (nSPS) is 11.2. The second-order valence-electron chi connectivity index (χ2n) is 5.44. The number of H-pyrrole nitrogens is 1. The lowest BCUT2D eigenvalue weighted by molar-refractivity contribution is 0.461. The molecule has 144 valence electrons. The van der Waals surface area contributed by atoms with Crippen LogP contribution in [0.1, 0.15) is 11.1 Å². The van der Waals surface area contributed by atoms with E-state index in [1.165, 1.54) is 36.7 Å². The highest BCUT2D eigenvalue weighted by molar-refractivity contribution is 7.99. The third-order valence-electron chi connectivity index (χ3n) is 3.72. The summed E-state index contributed by atoms with van der Waals surface area (Å²) < 4.78 is 41.7. The van der Waals surface area contributed by atoms with E-state index in [0.717, 1.165) is 23.9 Å². The minimum atomic E-state index is -4.23. The van der Waals surface area contributed by atoms with Gasteiger partial charge in [-0.05, 0) is 30.0 Å². The second kappa shape index (κ2) is 7.87. The van der Waals surface area contributed by atoms with Gasteiger partial charge in [-0.1, -0.05) is 37.4 Å². The predicted molar refractivity (Wildman–Crippen MR) is 106 cm³/mol. The van der Waals surface area contributed by atoms with E-state index < -0.39 is 20.7 Å². The number of phenols is 1. The molecule has 7 nitrogen and oxygen atoms in total. The van der Waals surface area contributed by atoms with Gasteiger partial charge >= 0.3 is 0 Å². The highest BCUT2D eigenvalue weighted by Gasteiger charge is 2.23. The van der Waals surface area contributed by atoms with Crippen molar-refractivity contribution in [2.45, 2.75) is 14.9 Å². The summed E-state index contributed by atoms with van der Waals surface area (Å²) in [6.07, 6.45) is 4.05. The molecule has 3 rings (SSSR count). The number of hydrogen-bond acceptors (Lipinski definition) is 6. The van der Waals surface area contributed by atoms with Crippen LogP contribution in [0.15, 0.2) is 64.8 Å². The van der Waals surface area contributed by atoms with Gasteiger partial charge in [0.2, 0.25) is 0 Å². The molecule has 0 saturated carbocycles. The summed E-state index contributed by atoms with van der Waals surface area (Å²) in [4.78, 5) is 3.76. The number of phenolic OH excluding ortho intramolecular Hbond substituents is 1. The van der Waals surface area contributed by atoms with Gasteiger partial charge in [-0.3, -0.25) is 9.82 Å². The maximum atomic E-state index is 14.0. The van der Waals surface area contributed by atoms with Crippen LogP contribution in [-0.4, -0.2) is 28.7 Å². The van der Waals surface area contributed by atoms with Crippen LogP contribution in [0, 0.1) is 5.82 Å². The minimum absolute atomic E-state index is 0.105. The number of nitrogens with zero attached hydrogens (tertiary/aromatic N) is 2. The Morgan fingerprint density at radius 1 is 1.21 bits per heavy atom. The van der Waals surface area contributed by atoms with Crippen molar-refractivity contribution in [2.24, 2.45) is 0 Å². The first-order chi connectivity index (χ1) is 13.4. The quantitative estimate of drug-likeness (QED) is 0.503. The smallest absolute Gasteiger partial charge is 0.264 e. The third-order valence-corrected chi connectivity index (χ3v) is 6.04. The summed E-state index contributed by atoms with van der Waals surface area (Å²) in [5.41, 5.74) is 0.674. The first-order valence-corrected chi connectivity index (χ1v) is 10.1. The second-order valence-corrected chi connectivity index (χ2v) is 8.12. The number of aromatic amines is 1. The maximum absolute atomic E-state index is 14.0. The van der Waals surface area contributed by atoms with Gasteiger partial charge in [0, 0.05) is 11.1 Å². The Balaban J connectivity index is 2.12. The summed E-state index contributed by atoms with van der Waals surface area (Å²) in [5, 5.41) is 17.3. The van der Waals surface area contributed by atoms with E-state index in [2.05, 4.69) is 33.1 Å². The van der Waals surface area contributed by atoms with E-state index >= 15 is 0 Å². The Kier molecular flexibility index (Phi) is 5.52. The number of halogens is 1. The van der Waals surface area contributed by atoms with Crippen molar-refractivity contribution in [1.29, 1.82) is 0 Å². The SMILES string of the molecule is C=Cc1c(NS(=O)(=O)c2ccccc2F)cc(Sc2ncn[nH]2)c(O)c1C=C.